The van der Waals surface area contributed by atoms with E-state index in [2.05, 4.69) is 4.98 Å². The molecule has 2 rings (SSSR count). The number of aromatic nitrogens is 1. The molecular formula is C15H13NO4. The number of benzene rings is 1. The van der Waals surface area contributed by atoms with Gasteiger partial charge in [0.05, 0.1) is 12.1 Å². The van der Waals surface area contributed by atoms with Crippen LogP contribution in [0.5, 0.6) is 5.75 Å². The Hall–Kier alpha value is -2.69. The lowest BCUT2D eigenvalue weighted by molar-refractivity contribution is -0.148. The Morgan fingerprint density at radius 3 is 2.55 bits per heavy atom. The number of nitrogens with zero attached hydrogens (tertiary/aromatic N) is 1. The van der Waals surface area contributed by atoms with Crippen molar-refractivity contribution in [3.05, 3.63) is 59.9 Å². The van der Waals surface area contributed by atoms with Crippen molar-refractivity contribution in [2.75, 3.05) is 0 Å². The van der Waals surface area contributed by atoms with Crippen LogP contribution >= 0.6 is 0 Å². The van der Waals surface area contributed by atoms with Crippen molar-refractivity contribution in [3.8, 4) is 5.75 Å². The predicted molar refractivity (Wildman–Crippen MR) is 71.4 cm³/mol. The van der Waals surface area contributed by atoms with E-state index in [1.54, 1.807) is 12.1 Å². The van der Waals surface area contributed by atoms with Crippen LogP contribution in [0.4, 0.5) is 0 Å². The molecule has 1 N–H and O–H groups in total. The van der Waals surface area contributed by atoms with Crippen LogP contribution < -0.4 is 4.74 Å². The number of pyridine rings is 1. The van der Waals surface area contributed by atoms with Crippen LogP contribution in [-0.4, -0.2) is 21.8 Å². The zero-order valence-electron chi connectivity index (χ0n) is 10.7. The second kappa shape index (κ2) is 6.47. The van der Waals surface area contributed by atoms with Crippen molar-refractivity contribution in [2.45, 2.75) is 13.0 Å². The van der Waals surface area contributed by atoms with Crippen LogP contribution in [0.2, 0.25) is 0 Å². The number of carboxylic acid groups (broad SMARTS) is 1. The van der Waals surface area contributed by atoms with E-state index in [0.29, 0.717) is 18.1 Å². The highest BCUT2D eigenvalue weighted by molar-refractivity contribution is 6.33. The first-order valence-electron chi connectivity index (χ1n) is 6.03. The van der Waals surface area contributed by atoms with Gasteiger partial charge in [0, 0.05) is 6.20 Å². The molecular weight excluding hydrogens is 258 g/mol. The second-order valence-electron chi connectivity index (χ2n) is 4.13. The van der Waals surface area contributed by atoms with Crippen molar-refractivity contribution in [1.82, 2.24) is 4.98 Å². The summed E-state index contributed by atoms with van der Waals surface area (Å²) in [4.78, 5) is 25.8. The normalized spacial score (nSPS) is 10.0. The minimum Gasteiger partial charge on any atom is -0.487 e. The van der Waals surface area contributed by atoms with Crippen LogP contribution in [0.3, 0.4) is 0 Å². The Kier molecular flexibility index (Phi) is 4.44. The number of hydrogen-bond donors (Lipinski definition) is 1. The fourth-order valence-corrected chi connectivity index (χ4v) is 1.65. The fourth-order valence-electron chi connectivity index (χ4n) is 1.65. The standard InChI is InChI=1S/C15H13NO4/c17-13(15(18)19)9-12-14(7-4-8-16-12)20-10-11-5-2-1-3-6-11/h1-8H,9-10H2,(H,18,19). The zero-order chi connectivity index (χ0) is 14.4. The molecule has 0 saturated heterocycles. The Labute approximate surface area is 115 Å². The van der Waals surface area contributed by atoms with E-state index in [0.717, 1.165) is 5.56 Å². The number of aliphatic carboxylic acids is 1. The maximum atomic E-state index is 11.2. The van der Waals surface area contributed by atoms with Crippen LogP contribution in [0, 0.1) is 0 Å². The highest BCUT2D eigenvalue weighted by Gasteiger charge is 2.16. The summed E-state index contributed by atoms with van der Waals surface area (Å²) < 4.78 is 5.60. The average Bonchev–Trinajstić information content (AvgIpc) is 2.47. The zero-order valence-corrected chi connectivity index (χ0v) is 10.7. The van der Waals surface area contributed by atoms with Gasteiger partial charge in [-0.2, -0.15) is 0 Å². The summed E-state index contributed by atoms with van der Waals surface area (Å²) in [6.45, 7) is 0.334. The molecule has 0 spiro atoms. The van der Waals surface area contributed by atoms with Crippen molar-refractivity contribution in [1.29, 1.82) is 0 Å². The molecule has 0 unspecified atom stereocenters. The molecule has 0 bridgehead atoms. The summed E-state index contributed by atoms with van der Waals surface area (Å²) in [7, 11) is 0. The molecule has 0 radical (unpaired) electrons. The number of Topliss-reactive ketones (excluding diaryl/α,β-unsaturated/α-hetero) is 1. The first-order chi connectivity index (χ1) is 9.66. The van der Waals surface area contributed by atoms with Gasteiger partial charge in [0.25, 0.3) is 0 Å². The second-order valence-corrected chi connectivity index (χ2v) is 4.13. The number of ketones is 1. The SMILES string of the molecule is O=C(O)C(=O)Cc1ncccc1OCc1ccccc1. The van der Waals surface area contributed by atoms with E-state index in [9.17, 15) is 9.59 Å². The molecule has 0 aliphatic carbocycles. The molecule has 0 aliphatic heterocycles. The number of ether oxygens (including phenoxy) is 1. The van der Waals surface area contributed by atoms with E-state index >= 15 is 0 Å². The largest absolute Gasteiger partial charge is 0.487 e. The molecule has 0 saturated carbocycles. The monoisotopic (exact) mass is 271 g/mol. The lowest BCUT2D eigenvalue weighted by Gasteiger charge is -2.09. The molecule has 2 aromatic rings. The van der Waals surface area contributed by atoms with Gasteiger partial charge in [-0.05, 0) is 17.7 Å². The number of hydrogen-bond acceptors (Lipinski definition) is 4. The lowest BCUT2D eigenvalue weighted by atomic mass is 10.2. The van der Waals surface area contributed by atoms with Gasteiger partial charge in [-0.25, -0.2) is 4.79 Å². The van der Waals surface area contributed by atoms with E-state index < -0.39 is 11.8 Å². The highest BCUT2D eigenvalue weighted by atomic mass is 16.5. The smallest absolute Gasteiger partial charge is 0.372 e. The molecule has 1 heterocycles. The van der Waals surface area contributed by atoms with Crippen molar-refractivity contribution in [3.63, 3.8) is 0 Å². The number of carbonyl (C=O) groups is 2. The van der Waals surface area contributed by atoms with E-state index in [1.807, 2.05) is 30.3 Å². The predicted octanol–water partition coefficient (Wildman–Crippen LogP) is 1.86. The third-order valence-corrected chi connectivity index (χ3v) is 2.65. The number of carbonyl (C=O) groups excluding carboxylic acids is 1. The average molecular weight is 271 g/mol. The van der Waals surface area contributed by atoms with Crippen molar-refractivity contribution >= 4 is 11.8 Å². The molecule has 0 amide bonds. The van der Waals surface area contributed by atoms with Crippen molar-refractivity contribution < 1.29 is 19.4 Å². The molecule has 0 fully saturated rings. The van der Waals surface area contributed by atoms with Crippen LogP contribution in [0.25, 0.3) is 0 Å². The lowest BCUT2D eigenvalue weighted by Crippen LogP contribution is -2.16. The first-order valence-corrected chi connectivity index (χ1v) is 6.03. The molecule has 0 aliphatic rings. The van der Waals surface area contributed by atoms with Gasteiger partial charge in [0.15, 0.2) is 0 Å². The van der Waals surface area contributed by atoms with Gasteiger partial charge in [0.1, 0.15) is 12.4 Å². The third-order valence-electron chi connectivity index (χ3n) is 2.65. The summed E-state index contributed by atoms with van der Waals surface area (Å²) in [6, 6.07) is 12.9. The molecule has 1 aromatic carbocycles. The number of rotatable bonds is 6. The van der Waals surface area contributed by atoms with Crippen LogP contribution in [-0.2, 0) is 22.6 Å². The van der Waals surface area contributed by atoms with Crippen molar-refractivity contribution in [2.24, 2.45) is 0 Å². The summed E-state index contributed by atoms with van der Waals surface area (Å²) in [6.07, 6.45) is 1.22. The first kappa shape index (κ1) is 13.7. The van der Waals surface area contributed by atoms with Gasteiger partial charge in [-0.15, -0.1) is 0 Å². The van der Waals surface area contributed by atoms with Gasteiger partial charge < -0.3 is 9.84 Å². The third kappa shape index (κ3) is 3.65. The maximum Gasteiger partial charge on any atom is 0.372 e. The summed E-state index contributed by atoms with van der Waals surface area (Å²) in [5.41, 5.74) is 1.31. The van der Waals surface area contributed by atoms with E-state index in [1.165, 1.54) is 6.20 Å². The van der Waals surface area contributed by atoms with Crippen LogP contribution in [0.15, 0.2) is 48.7 Å². The summed E-state index contributed by atoms with van der Waals surface area (Å²) in [5, 5.41) is 8.62. The molecule has 20 heavy (non-hydrogen) atoms. The summed E-state index contributed by atoms with van der Waals surface area (Å²) in [5.74, 6) is -1.95. The fraction of sp³-hybridized carbons (Fsp3) is 0.133. The molecule has 1 aromatic heterocycles. The minimum absolute atomic E-state index is 0.277. The Balaban J connectivity index is 2.08. The van der Waals surface area contributed by atoms with Crippen LogP contribution in [0.1, 0.15) is 11.3 Å². The minimum atomic E-state index is -1.47. The van der Waals surface area contributed by atoms with Gasteiger partial charge >= 0.3 is 5.97 Å². The Morgan fingerprint density at radius 2 is 1.85 bits per heavy atom. The molecule has 5 nitrogen and oxygen atoms in total. The van der Waals surface area contributed by atoms with Gasteiger partial charge in [-0.1, -0.05) is 30.3 Å². The van der Waals surface area contributed by atoms with Gasteiger partial charge in [-0.3, -0.25) is 9.78 Å². The molecule has 0 atom stereocenters. The number of carboxylic acids is 1. The summed E-state index contributed by atoms with van der Waals surface area (Å²) >= 11 is 0. The highest BCUT2D eigenvalue weighted by Crippen LogP contribution is 2.17. The Morgan fingerprint density at radius 1 is 1.10 bits per heavy atom. The maximum absolute atomic E-state index is 11.2. The van der Waals surface area contributed by atoms with E-state index in [4.69, 9.17) is 9.84 Å². The Bertz CT molecular complexity index is 610. The quantitative estimate of drug-likeness (QED) is 0.811. The topological polar surface area (TPSA) is 76.5 Å². The van der Waals surface area contributed by atoms with Gasteiger partial charge in [0.2, 0.25) is 5.78 Å². The molecule has 5 heteroatoms. The van der Waals surface area contributed by atoms with E-state index in [-0.39, 0.29) is 6.42 Å². The molecule has 102 valence electrons.